The molecule has 0 aliphatic carbocycles. The molecule has 0 saturated carbocycles. The summed E-state index contributed by atoms with van der Waals surface area (Å²) >= 11 is 0. The van der Waals surface area contributed by atoms with Crippen LogP contribution in [0.1, 0.15) is 10.4 Å². The lowest BCUT2D eigenvalue weighted by Gasteiger charge is -2.21. The van der Waals surface area contributed by atoms with E-state index in [1.54, 1.807) is 24.1 Å². The molecule has 1 aromatic rings. The highest BCUT2D eigenvalue weighted by Gasteiger charge is 2.13. The lowest BCUT2D eigenvalue weighted by atomic mass is 10.1. The third kappa shape index (κ3) is 3.92. The van der Waals surface area contributed by atoms with Crippen molar-refractivity contribution in [3.8, 4) is 0 Å². The van der Waals surface area contributed by atoms with Crippen LogP contribution >= 0.6 is 0 Å². The highest BCUT2D eigenvalue weighted by Crippen LogP contribution is 2.22. The second-order valence-electron chi connectivity index (χ2n) is 4.19. The van der Waals surface area contributed by atoms with E-state index in [1.165, 1.54) is 6.07 Å². The maximum absolute atomic E-state index is 11.3. The summed E-state index contributed by atoms with van der Waals surface area (Å²) in [5.74, 6) is -0.576. The molecule has 1 amide bonds. The Morgan fingerprint density at radius 3 is 2.50 bits per heavy atom. The predicted molar refractivity (Wildman–Crippen MR) is 72.4 cm³/mol. The van der Waals surface area contributed by atoms with E-state index in [9.17, 15) is 13.2 Å². The molecule has 0 aliphatic rings. The molecule has 1 aromatic carbocycles. The molecule has 0 aromatic heterocycles. The molecule has 0 atom stereocenters. The third-order valence-electron chi connectivity index (χ3n) is 2.50. The zero-order chi connectivity index (χ0) is 13.9. The smallest absolute Gasteiger partial charge is 0.250 e. The van der Waals surface area contributed by atoms with Crippen molar-refractivity contribution < 1.29 is 13.2 Å². The first-order valence-corrected chi connectivity index (χ1v) is 7.35. The first kappa shape index (κ1) is 14.3. The summed E-state index contributed by atoms with van der Waals surface area (Å²) in [6, 6.07) is 4.71. The van der Waals surface area contributed by atoms with E-state index in [4.69, 9.17) is 11.5 Å². The maximum Gasteiger partial charge on any atom is 0.250 e. The van der Waals surface area contributed by atoms with Gasteiger partial charge in [-0.25, -0.2) is 8.42 Å². The maximum atomic E-state index is 11.3. The van der Waals surface area contributed by atoms with Crippen LogP contribution in [0.4, 0.5) is 11.4 Å². The zero-order valence-corrected chi connectivity index (χ0v) is 11.2. The summed E-state index contributed by atoms with van der Waals surface area (Å²) in [7, 11) is -1.37. The molecule has 0 aliphatic heterocycles. The number of hydrogen-bond donors (Lipinski definition) is 2. The van der Waals surface area contributed by atoms with E-state index in [1.807, 2.05) is 0 Å². The van der Waals surface area contributed by atoms with E-state index in [2.05, 4.69) is 0 Å². The quantitative estimate of drug-likeness (QED) is 0.724. The molecule has 1 rings (SSSR count). The topological polar surface area (TPSA) is 106 Å². The number of rotatable bonds is 5. The fourth-order valence-corrected chi connectivity index (χ4v) is 2.10. The summed E-state index contributed by atoms with van der Waals surface area (Å²) in [5, 5.41) is 0. The summed E-state index contributed by atoms with van der Waals surface area (Å²) in [5.41, 5.74) is 12.3. The normalized spacial score (nSPS) is 11.2. The van der Waals surface area contributed by atoms with Crippen molar-refractivity contribution in [1.29, 1.82) is 0 Å². The van der Waals surface area contributed by atoms with Crippen LogP contribution in [-0.2, 0) is 9.84 Å². The number of nitrogen functional groups attached to an aromatic ring is 1. The molecule has 6 nitrogen and oxygen atoms in total. The van der Waals surface area contributed by atoms with E-state index < -0.39 is 15.7 Å². The first-order chi connectivity index (χ1) is 8.20. The summed E-state index contributed by atoms with van der Waals surface area (Å²) in [6.07, 6.45) is 1.16. The van der Waals surface area contributed by atoms with Gasteiger partial charge >= 0.3 is 0 Å². The van der Waals surface area contributed by atoms with Crippen LogP contribution in [0.15, 0.2) is 18.2 Å². The van der Waals surface area contributed by atoms with Crippen LogP contribution in [0.5, 0.6) is 0 Å². The number of carbonyl (C=O) groups excluding carboxylic acids is 1. The molecule has 0 saturated heterocycles. The fourth-order valence-electron chi connectivity index (χ4n) is 1.50. The minimum Gasteiger partial charge on any atom is -0.399 e. The Kier molecular flexibility index (Phi) is 4.18. The summed E-state index contributed by atoms with van der Waals surface area (Å²) < 4.78 is 22.2. The zero-order valence-electron chi connectivity index (χ0n) is 10.4. The number of nitrogens with zero attached hydrogens (tertiary/aromatic N) is 1. The van der Waals surface area contributed by atoms with E-state index in [0.717, 1.165) is 6.26 Å². The Bertz CT molecular complexity index is 555. The van der Waals surface area contributed by atoms with Gasteiger partial charge in [-0.05, 0) is 18.2 Å². The highest BCUT2D eigenvalue weighted by atomic mass is 32.2. The number of benzene rings is 1. The van der Waals surface area contributed by atoms with Crippen LogP contribution in [0.3, 0.4) is 0 Å². The Morgan fingerprint density at radius 2 is 2.00 bits per heavy atom. The minimum atomic E-state index is -3.06. The van der Waals surface area contributed by atoms with Gasteiger partial charge in [-0.3, -0.25) is 4.79 Å². The fraction of sp³-hybridized carbons (Fsp3) is 0.364. The van der Waals surface area contributed by atoms with Crippen LogP contribution in [0.2, 0.25) is 0 Å². The van der Waals surface area contributed by atoms with Gasteiger partial charge in [-0.1, -0.05) is 0 Å². The Balaban J connectivity index is 3.00. The highest BCUT2D eigenvalue weighted by molar-refractivity contribution is 7.90. The van der Waals surface area contributed by atoms with E-state index in [0.29, 0.717) is 16.9 Å². The van der Waals surface area contributed by atoms with Gasteiger partial charge in [-0.2, -0.15) is 0 Å². The molecular formula is C11H17N3O3S. The van der Waals surface area contributed by atoms with Crippen molar-refractivity contribution in [3.63, 3.8) is 0 Å². The van der Waals surface area contributed by atoms with Crippen molar-refractivity contribution in [2.75, 3.05) is 36.2 Å². The summed E-state index contributed by atoms with van der Waals surface area (Å²) in [4.78, 5) is 12.9. The lowest BCUT2D eigenvalue weighted by molar-refractivity contribution is 0.100. The minimum absolute atomic E-state index is 0.00347. The molecular weight excluding hydrogens is 254 g/mol. The van der Waals surface area contributed by atoms with Gasteiger partial charge in [0.1, 0.15) is 9.84 Å². The van der Waals surface area contributed by atoms with Crippen molar-refractivity contribution in [3.05, 3.63) is 23.8 Å². The Hall–Kier alpha value is -1.76. The molecule has 4 N–H and O–H groups in total. The Morgan fingerprint density at radius 1 is 1.39 bits per heavy atom. The van der Waals surface area contributed by atoms with Crippen LogP contribution < -0.4 is 16.4 Å². The molecule has 0 fully saturated rings. The number of hydrogen-bond acceptors (Lipinski definition) is 5. The van der Waals surface area contributed by atoms with Gasteiger partial charge in [0.05, 0.1) is 17.0 Å². The summed E-state index contributed by atoms with van der Waals surface area (Å²) in [6.45, 7) is 0.266. The second-order valence-corrected chi connectivity index (χ2v) is 6.45. The average molecular weight is 271 g/mol. The monoisotopic (exact) mass is 271 g/mol. The predicted octanol–water partition coefficient (Wildman–Crippen LogP) is -0.151. The molecule has 0 radical (unpaired) electrons. The molecule has 0 unspecified atom stereocenters. The molecule has 0 heterocycles. The van der Waals surface area contributed by atoms with Gasteiger partial charge in [0.25, 0.3) is 5.91 Å². The van der Waals surface area contributed by atoms with Gasteiger partial charge < -0.3 is 16.4 Å². The van der Waals surface area contributed by atoms with Crippen molar-refractivity contribution in [2.24, 2.45) is 5.73 Å². The molecule has 7 heteroatoms. The number of carbonyl (C=O) groups is 1. The largest absolute Gasteiger partial charge is 0.399 e. The van der Waals surface area contributed by atoms with Crippen LogP contribution in [0.25, 0.3) is 0 Å². The van der Waals surface area contributed by atoms with Gasteiger partial charge in [0.15, 0.2) is 0 Å². The number of primary amides is 1. The standard InChI is InChI=1S/C11H17N3O3S/c1-14(5-6-18(2,16)17)10-7-8(12)3-4-9(10)11(13)15/h3-4,7H,5-6,12H2,1-2H3,(H2,13,15). The van der Waals surface area contributed by atoms with Crippen molar-refractivity contribution in [2.45, 2.75) is 0 Å². The molecule has 18 heavy (non-hydrogen) atoms. The average Bonchev–Trinajstić information content (AvgIpc) is 2.24. The molecule has 100 valence electrons. The number of sulfone groups is 1. The third-order valence-corrected chi connectivity index (χ3v) is 3.42. The van der Waals surface area contributed by atoms with Crippen LogP contribution in [-0.4, -0.2) is 39.9 Å². The van der Waals surface area contributed by atoms with Crippen LogP contribution in [0, 0.1) is 0 Å². The second kappa shape index (κ2) is 5.26. The van der Waals surface area contributed by atoms with Gasteiger partial charge in [0.2, 0.25) is 0 Å². The van der Waals surface area contributed by atoms with Gasteiger partial charge in [-0.15, -0.1) is 0 Å². The van der Waals surface area contributed by atoms with E-state index in [-0.39, 0.29) is 12.3 Å². The van der Waals surface area contributed by atoms with E-state index >= 15 is 0 Å². The SMILES string of the molecule is CN(CCS(C)(=O)=O)c1cc(N)ccc1C(N)=O. The number of amides is 1. The number of nitrogens with two attached hydrogens (primary N) is 2. The molecule has 0 spiro atoms. The lowest BCUT2D eigenvalue weighted by Crippen LogP contribution is -2.27. The molecule has 0 bridgehead atoms. The Labute approximate surface area is 106 Å². The van der Waals surface area contributed by atoms with Crippen molar-refractivity contribution >= 4 is 27.1 Å². The van der Waals surface area contributed by atoms with Crippen molar-refractivity contribution in [1.82, 2.24) is 0 Å². The first-order valence-electron chi connectivity index (χ1n) is 5.29. The van der Waals surface area contributed by atoms with Gasteiger partial charge in [0, 0.05) is 25.5 Å². The number of anilines is 2.